The van der Waals surface area contributed by atoms with E-state index in [2.05, 4.69) is 5.32 Å². The SMILES string of the molecule is CNC(=O)[C@@H](Cc1ccccc1)N(Cc1ccccc1F)C(=O)CN(C)S(=O)(=O)c1ccc(Cl)cc1. The first-order valence-electron chi connectivity index (χ1n) is 11.1. The second-order valence-corrected chi connectivity index (χ2v) is 10.6. The molecule has 7 nitrogen and oxygen atoms in total. The fourth-order valence-corrected chi connectivity index (χ4v) is 4.93. The van der Waals surface area contributed by atoms with Crippen LogP contribution in [0.2, 0.25) is 5.02 Å². The number of carbonyl (C=O) groups is 2. The summed E-state index contributed by atoms with van der Waals surface area (Å²) >= 11 is 5.86. The lowest BCUT2D eigenvalue weighted by molar-refractivity contribution is -0.141. The molecule has 0 saturated carbocycles. The second-order valence-electron chi connectivity index (χ2n) is 8.15. The van der Waals surface area contributed by atoms with Crippen LogP contribution in [-0.2, 0) is 32.6 Å². The minimum Gasteiger partial charge on any atom is -0.357 e. The first kappa shape index (κ1) is 27.3. The summed E-state index contributed by atoms with van der Waals surface area (Å²) in [7, 11) is -1.30. The number of likely N-dealkylation sites (N-methyl/N-ethyl adjacent to an activating group) is 2. The van der Waals surface area contributed by atoms with Crippen LogP contribution in [0, 0.1) is 5.82 Å². The maximum Gasteiger partial charge on any atom is 0.243 e. The first-order chi connectivity index (χ1) is 17.1. The summed E-state index contributed by atoms with van der Waals surface area (Å²) in [6, 6.07) is 19.6. The third-order valence-corrected chi connectivity index (χ3v) is 7.77. The molecule has 0 aromatic heterocycles. The topological polar surface area (TPSA) is 86.8 Å². The van der Waals surface area contributed by atoms with Crippen molar-refractivity contribution < 1.29 is 22.4 Å². The van der Waals surface area contributed by atoms with Crippen LogP contribution in [0.1, 0.15) is 11.1 Å². The molecule has 3 rings (SSSR count). The van der Waals surface area contributed by atoms with Crippen LogP contribution in [0.5, 0.6) is 0 Å². The Hall–Kier alpha value is -3.27. The summed E-state index contributed by atoms with van der Waals surface area (Å²) in [5, 5.41) is 2.94. The van der Waals surface area contributed by atoms with Gasteiger partial charge in [0, 0.05) is 37.6 Å². The van der Waals surface area contributed by atoms with Crippen molar-refractivity contribution in [3.63, 3.8) is 0 Å². The average molecular weight is 532 g/mol. The van der Waals surface area contributed by atoms with E-state index in [0.29, 0.717) is 5.02 Å². The van der Waals surface area contributed by atoms with E-state index in [9.17, 15) is 22.4 Å². The fraction of sp³-hybridized carbons (Fsp3) is 0.231. The zero-order valence-electron chi connectivity index (χ0n) is 19.9. The highest BCUT2D eigenvalue weighted by molar-refractivity contribution is 7.89. The van der Waals surface area contributed by atoms with Gasteiger partial charge in [0.1, 0.15) is 11.9 Å². The van der Waals surface area contributed by atoms with Crippen molar-refractivity contribution in [1.82, 2.24) is 14.5 Å². The van der Waals surface area contributed by atoms with Crippen LogP contribution in [0.4, 0.5) is 4.39 Å². The molecule has 0 saturated heterocycles. The first-order valence-corrected chi connectivity index (χ1v) is 13.0. The third kappa shape index (κ3) is 6.69. The summed E-state index contributed by atoms with van der Waals surface area (Å²) < 4.78 is 41.5. The average Bonchev–Trinajstić information content (AvgIpc) is 2.87. The van der Waals surface area contributed by atoms with Crippen molar-refractivity contribution in [2.24, 2.45) is 0 Å². The predicted molar refractivity (Wildman–Crippen MR) is 136 cm³/mol. The smallest absolute Gasteiger partial charge is 0.243 e. The molecule has 0 aliphatic carbocycles. The number of hydrogen-bond acceptors (Lipinski definition) is 4. The van der Waals surface area contributed by atoms with Gasteiger partial charge in [-0.25, -0.2) is 12.8 Å². The summed E-state index contributed by atoms with van der Waals surface area (Å²) in [5.41, 5.74) is 0.996. The number of carbonyl (C=O) groups excluding carboxylic acids is 2. The van der Waals surface area contributed by atoms with Gasteiger partial charge in [0.25, 0.3) is 0 Å². The minimum absolute atomic E-state index is 0.0324. The second kappa shape index (κ2) is 12.1. The normalized spacial score (nSPS) is 12.2. The van der Waals surface area contributed by atoms with Crippen LogP contribution >= 0.6 is 11.6 Å². The Labute approximate surface area is 215 Å². The van der Waals surface area contributed by atoms with Gasteiger partial charge in [-0.15, -0.1) is 0 Å². The van der Waals surface area contributed by atoms with Gasteiger partial charge in [-0.1, -0.05) is 60.1 Å². The van der Waals surface area contributed by atoms with Gasteiger partial charge < -0.3 is 10.2 Å². The van der Waals surface area contributed by atoms with E-state index in [0.717, 1.165) is 9.87 Å². The fourth-order valence-electron chi connectivity index (χ4n) is 3.68. The van der Waals surface area contributed by atoms with E-state index in [1.54, 1.807) is 6.07 Å². The molecule has 0 unspecified atom stereocenters. The number of hydrogen-bond donors (Lipinski definition) is 1. The number of halogens is 2. The molecule has 190 valence electrons. The molecule has 0 aliphatic heterocycles. The summed E-state index contributed by atoms with van der Waals surface area (Å²) in [6.45, 7) is -0.771. The van der Waals surface area contributed by atoms with E-state index in [4.69, 9.17) is 11.6 Å². The zero-order valence-corrected chi connectivity index (χ0v) is 21.5. The Morgan fingerprint density at radius 1 is 0.972 bits per heavy atom. The van der Waals surface area contributed by atoms with Crippen LogP contribution in [0.15, 0.2) is 83.8 Å². The third-order valence-electron chi connectivity index (χ3n) is 5.70. The molecule has 2 amide bonds. The Kier molecular flexibility index (Phi) is 9.19. The lowest BCUT2D eigenvalue weighted by atomic mass is 10.0. The molecule has 0 radical (unpaired) electrons. The zero-order chi connectivity index (χ0) is 26.3. The van der Waals surface area contributed by atoms with E-state index in [1.807, 2.05) is 30.3 Å². The van der Waals surface area contributed by atoms with Gasteiger partial charge in [-0.3, -0.25) is 9.59 Å². The maximum absolute atomic E-state index is 14.5. The predicted octanol–water partition coefficient (Wildman–Crippen LogP) is 3.49. The summed E-state index contributed by atoms with van der Waals surface area (Å²) in [4.78, 5) is 27.7. The standard InChI is InChI=1S/C26H27ClFN3O4S/c1-29-26(33)24(16-19-8-4-3-5-9-19)31(17-20-10-6-7-11-23(20)28)25(32)18-30(2)36(34,35)22-14-12-21(27)13-15-22/h3-15,24H,16-18H2,1-2H3,(H,29,33)/t24-/m1/s1. The number of nitrogens with zero attached hydrogens (tertiary/aromatic N) is 2. The van der Waals surface area contributed by atoms with Gasteiger partial charge in [-0.05, 0) is 35.9 Å². The van der Waals surface area contributed by atoms with Crippen molar-refractivity contribution in [3.8, 4) is 0 Å². The van der Waals surface area contributed by atoms with Crippen LogP contribution in [0.3, 0.4) is 0 Å². The highest BCUT2D eigenvalue weighted by atomic mass is 35.5. The minimum atomic E-state index is -4.02. The van der Waals surface area contributed by atoms with Gasteiger partial charge in [0.2, 0.25) is 21.8 Å². The molecule has 0 spiro atoms. The molecule has 1 N–H and O–H groups in total. The summed E-state index contributed by atoms with van der Waals surface area (Å²) in [6.07, 6.45) is 0.161. The molecule has 3 aromatic carbocycles. The largest absolute Gasteiger partial charge is 0.357 e. The molecular formula is C26H27ClFN3O4S. The van der Waals surface area contributed by atoms with E-state index >= 15 is 0 Å². The van der Waals surface area contributed by atoms with Crippen molar-refractivity contribution in [3.05, 3.63) is 101 Å². The van der Waals surface area contributed by atoms with Crippen molar-refractivity contribution in [1.29, 1.82) is 0 Å². The lowest BCUT2D eigenvalue weighted by Crippen LogP contribution is -2.52. The van der Waals surface area contributed by atoms with Crippen LogP contribution in [-0.4, -0.2) is 56.1 Å². The highest BCUT2D eigenvalue weighted by Gasteiger charge is 2.33. The lowest BCUT2D eigenvalue weighted by Gasteiger charge is -2.32. The van der Waals surface area contributed by atoms with Crippen LogP contribution in [0.25, 0.3) is 0 Å². The van der Waals surface area contributed by atoms with Gasteiger partial charge in [-0.2, -0.15) is 4.31 Å². The molecule has 0 aliphatic rings. The van der Waals surface area contributed by atoms with Gasteiger partial charge in [0.05, 0.1) is 11.4 Å². The van der Waals surface area contributed by atoms with Gasteiger partial charge >= 0.3 is 0 Å². The molecule has 0 bridgehead atoms. The highest BCUT2D eigenvalue weighted by Crippen LogP contribution is 2.20. The van der Waals surface area contributed by atoms with Crippen molar-refractivity contribution >= 4 is 33.4 Å². The number of benzene rings is 3. The monoisotopic (exact) mass is 531 g/mol. The Balaban J connectivity index is 1.95. The van der Waals surface area contributed by atoms with Crippen LogP contribution < -0.4 is 5.32 Å². The molecule has 0 fully saturated rings. The maximum atomic E-state index is 14.5. The molecule has 36 heavy (non-hydrogen) atoms. The molecule has 0 heterocycles. The van der Waals surface area contributed by atoms with Crippen molar-refractivity contribution in [2.45, 2.75) is 23.9 Å². The Morgan fingerprint density at radius 3 is 2.19 bits per heavy atom. The van der Waals surface area contributed by atoms with Crippen molar-refractivity contribution in [2.75, 3.05) is 20.6 Å². The molecule has 10 heteroatoms. The van der Waals surface area contributed by atoms with E-state index in [1.165, 1.54) is 61.5 Å². The molecule has 1 atom stereocenters. The quantitative estimate of drug-likeness (QED) is 0.434. The van der Waals surface area contributed by atoms with Gasteiger partial charge in [0.15, 0.2) is 0 Å². The van der Waals surface area contributed by atoms with E-state index in [-0.39, 0.29) is 23.4 Å². The van der Waals surface area contributed by atoms with E-state index < -0.39 is 40.2 Å². The number of nitrogens with one attached hydrogen (secondary N) is 1. The number of rotatable bonds is 10. The molecular weight excluding hydrogens is 505 g/mol. The summed E-state index contributed by atoms with van der Waals surface area (Å²) in [5.74, 6) is -1.64. The Bertz CT molecular complexity index is 1300. The molecule has 3 aromatic rings. The number of amides is 2. The number of sulfonamides is 1. The Morgan fingerprint density at radius 2 is 1.58 bits per heavy atom.